The summed E-state index contributed by atoms with van der Waals surface area (Å²) in [5.41, 5.74) is 4.08. The molecular weight excluding hydrogens is 360 g/mol. The van der Waals surface area contributed by atoms with Gasteiger partial charge in [-0.1, -0.05) is 24.3 Å². The highest BCUT2D eigenvalue weighted by molar-refractivity contribution is 5.81. The van der Waals surface area contributed by atoms with Gasteiger partial charge in [-0.2, -0.15) is 20.4 Å². The number of benzene rings is 2. The monoisotopic (exact) mass is 376 g/mol. The van der Waals surface area contributed by atoms with Crippen LogP contribution in [-0.2, 0) is 14.1 Å². The van der Waals surface area contributed by atoms with Crippen molar-refractivity contribution in [3.63, 3.8) is 0 Å². The van der Waals surface area contributed by atoms with E-state index in [1.54, 1.807) is 72.3 Å². The summed E-state index contributed by atoms with van der Waals surface area (Å²) in [6.45, 7) is 0. The Bertz CT molecular complexity index is 1280. The molecule has 2 aromatic heterocycles. The van der Waals surface area contributed by atoms with Crippen LogP contribution in [0.3, 0.4) is 0 Å². The topological polar surface area (TPSA) is 119 Å². The van der Waals surface area contributed by atoms with Gasteiger partial charge in [0, 0.05) is 37.0 Å². The summed E-state index contributed by atoms with van der Waals surface area (Å²) in [6.07, 6.45) is 3.19. The number of rotatable bonds is 4. The molecule has 0 saturated heterocycles. The molecule has 140 valence electrons. The third kappa shape index (κ3) is 2.96. The zero-order chi connectivity index (χ0) is 19.7. The average molecular weight is 376 g/mol. The van der Waals surface area contributed by atoms with Crippen molar-refractivity contribution in [1.82, 2.24) is 19.6 Å². The highest BCUT2D eigenvalue weighted by Crippen LogP contribution is 2.05. The summed E-state index contributed by atoms with van der Waals surface area (Å²) in [7, 11) is 3.47. The fourth-order valence-electron chi connectivity index (χ4n) is 2.77. The van der Waals surface area contributed by atoms with Gasteiger partial charge >= 0.3 is 0 Å². The van der Waals surface area contributed by atoms with Crippen LogP contribution in [0.4, 0.5) is 11.6 Å². The molecule has 0 aliphatic carbocycles. The molecule has 10 heteroatoms. The van der Waals surface area contributed by atoms with E-state index in [1.807, 2.05) is 0 Å². The predicted octanol–water partition coefficient (Wildman–Crippen LogP) is -0.242. The van der Waals surface area contributed by atoms with Crippen molar-refractivity contribution in [2.45, 2.75) is 0 Å². The molecule has 4 rings (SSSR count). The van der Waals surface area contributed by atoms with E-state index in [0.29, 0.717) is 22.4 Å². The van der Waals surface area contributed by atoms with Crippen molar-refractivity contribution in [1.29, 1.82) is 0 Å². The van der Waals surface area contributed by atoms with Crippen LogP contribution in [0.1, 0.15) is 0 Å². The van der Waals surface area contributed by atoms with Crippen molar-refractivity contribution < 1.29 is 0 Å². The van der Waals surface area contributed by atoms with Gasteiger partial charge in [0.15, 0.2) is 0 Å². The number of hydrogen-bond acceptors (Lipinski definition) is 8. The number of nitrogens with one attached hydrogen (secondary N) is 2. The van der Waals surface area contributed by atoms with Crippen LogP contribution < -0.4 is 32.4 Å². The first-order valence-electron chi connectivity index (χ1n) is 8.38. The molecule has 2 heterocycles. The van der Waals surface area contributed by atoms with Gasteiger partial charge in [-0.25, -0.2) is 0 Å². The lowest BCUT2D eigenvalue weighted by atomic mass is 10.1. The second-order valence-corrected chi connectivity index (χ2v) is 6.03. The maximum atomic E-state index is 12.7. The Balaban J connectivity index is 1.92. The fraction of sp³-hybridized carbons (Fsp3) is 0.111. The molecule has 0 spiro atoms. The number of aryl methyl sites for hydroxylation is 2. The zero-order valence-corrected chi connectivity index (χ0v) is 15.1. The Morgan fingerprint density at radius 1 is 0.750 bits per heavy atom. The normalized spacial score (nSPS) is 12.6. The molecule has 0 amide bonds. The maximum Gasteiger partial charge on any atom is 0.256 e. The summed E-state index contributed by atoms with van der Waals surface area (Å²) in [6, 6.07) is 10.4. The Morgan fingerprint density at radius 3 is 1.54 bits per heavy atom. The van der Waals surface area contributed by atoms with Gasteiger partial charge in [0.25, 0.3) is 10.9 Å². The molecular formula is C18H16N8O2. The smallest absolute Gasteiger partial charge is 0.256 e. The average Bonchev–Trinajstić information content (AvgIpc) is 3.30. The van der Waals surface area contributed by atoms with Gasteiger partial charge < -0.3 is 0 Å². The lowest BCUT2D eigenvalue weighted by Crippen LogP contribution is -2.48. The molecule has 0 radical (unpaired) electrons. The van der Waals surface area contributed by atoms with Crippen molar-refractivity contribution in [2.75, 3.05) is 10.9 Å². The zero-order valence-electron chi connectivity index (χ0n) is 15.1. The number of hydrogen-bond donors (Lipinski definition) is 2. The second-order valence-electron chi connectivity index (χ2n) is 6.03. The molecule has 0 unspecified atom stereocenters. The minimum atomic E-state index is -0.737. The molecule has 2 N–H and O–H groups in total. The minimum absolute atomic E-state index is 0.0290. The number of aromatic nitrogens is 4. The standard InChI is InChI=1S/C18H16N8O2/c1-25-13(7-9-19-25)21-23-15-11-5-3-4-6-12(11)16(18(28)17(15)27)24-22-14-8-10-20-26(14)2/h3-10,21-22H,1-2H3. The highest BCUT2D eigenvalue weighted by atomic mass is 16.2. The third-order valence-corrected chi connectivity index (χ3v) is 4.28. The molecule has 0 aliphatic heterocycles. The van der Waals surface area contributed by atoms with Crippen molar-refractivity contribution in [2.24, 2.45) is 24.3 Å². The summed E-state index contributed by atoms with van der Waals surface area (Å²) < 4.78 is 3.13. The first kappa shape index (κ1) is 17.3. The van der Waals surface area contributed by atoms with Crippen LogP contribution >= 0.6 is 0 Å². The minimum Gasteiger partial charge on any atom is -0.283 e. The van der Waals surface area contributed by atoms with E-state index in [-0.39, 0.29) is 10.7 Å². The molecule has 4 aromatic rings. The van der Waals surface area contributed by atoms with Crippen molar-refractivity contribution >= 4 is 22.4 Å². The molecule has 0 atom stereocenters. The molecule has 0 aliphatic rings. The highest BCUT2D eigenvalue weighted by Gasteiger charge is 2.10. The van der Waals surface area contributed by atoms with E-state index in [4.69, 9.17) is 0 Å². The third-order valence-electron chi connectivity index (χ3n) is 4.28. The molecule has 0 saturated carbocycles. The Labute approximate surface area is 157 Å². The van der Waals surface area contributed by atoms with Gasteiger partial charge in [0.1, 0.15) is 22.4 Å². The summed E-state index contributed by atoms with van der Waals surface area (Å²) >= 11 is 0. The molecule has 2 aromatic carbocycles. The van der Waals surface area contributed by atoms with Crippen LogP contribution in [0.15, 0.2) is 68.6 Å². The second kappa shape index (κ2) is 6.91. The van der Waals surface area contributed by atoms with Gasteiger partial charge in [0.05, 0.1) is 12.4 Å². The number of anilines is 2. The van der Waals surface area contributed by atoms with Gasteiger partial charge in [-0.05, 0) is 0 Å². The maximum absolute atomic E-state index is 12.7. The quantitative estimate of drug-likeness (QED) is 0.375. The molecule has 0 bridgehead atoms. The van der Waals surface area contributed by atoms with Gasteiger partial charge in [-0.15, -0.1) is 0 Å². The summed E-state index contributed by atoms with van der Waals surface area (Å²) in [4.78, 5) is 25.4. The van der Waals surface area contributed by atoms with Crippen LogP contribution in [-0.4, -0.2) is 19.6 Å². The Kier molecular flexibility index (Phi) is 4.28. The first-order valence-corrected chi connectivity index (χ1v) is 8.38. The lowest BCUT2D eigenvalue weighted by Gasteiger charge is -2.02. The largest absolute Gasteiger partial charge is 0.283 e. The van der Waals surface area contributed by atoms with E-state index in [9.17, 15) is 9.59 Å². The summed E-state index contributed by atoms with van der Waals surface area (Å²) in [5, 5.41) is 17.5. The Hall–Kier alpha value is -4.08. The van der Waals surface area contributed by atoms with Gasteiger partial charge in [-0.3, -0.25) is 29.8 Å². The van der Waals surface area contributed by atoms with E-state index in [2.05, 4.69) is 31.3 Å². The van der Waals surface area contributed by atoms with Crippen LogP contribution in [0, 0.1) is 0 Å². The molecule has 0 fully saturated rings. The first-order chi connectivity index (χ1) is 13.6. The summed E-state index contributed by atoms with van der Waals surface area (Å²) in [5.74, 6) is 1.17. The van der Waals surface area contributed by atoms with Gasteiger partial charge in [0.2, 0.25) is 0 Å². The van der Waals surface area contributed by atoms with Crippen molar-refractivity contribution in [3.05, 3.63) is 80.0 Å². The van der Waals surface area contributed by atoms with E-state index < -0.39 is 10.9 Å². The van der Waals surface area contributed by atoms with Crippen LogP contribution in [0.5, 0.6) is 0 Å². The van der Waals surface area contributed by atoms with Crippen LogP contribution in [0.25, 0.3) is 10.8 Å². The van der Waals surface area contributed by atoms with Crippen LogP contribution in [0.2, 0.25) is 0 Å². The van der Waals surface area contributed by atoms with E-state index in [0.717, 1.165) is 0 Å². The Morgan fingerprint density at radius 2 is 1.18 bits per heavy atom. The molecule has 10 nitrogen and oxygen atoms in total. The predicted molar refractivity (Wildman–Crippen MR) is 104 cm³/mol. The molecule has 28 heavy (non-hydrogen) atoms. The SMILES string of the molecule is Cn1nccc1NN=c1c(=O)c(=O)c(=NNc2ccnn2C)c2ccccc12. The fourth-order valence-corrected chi connectivity index (χ4v) is 2.77. The van der Waals surface area contributed by atoms with E-state index >= 15 is 0 Å². The number of fused-ring (bicyclic) bond motifs is 1. The lowest BCUT2D eigenvalue weighted by molar-refractivity contribution is 0.770. The van der Waals surface area contributed by atoms with E-state index in [1.165, 1.54) is 0 Å². The number of nitrogens with zero attached hydrogens (tertiary/aromatic N) is 6. The van der Waals surface area contributed by atoms with Crippen molar-refractivity contribution in [3.8, 4) is 0 Å².